The molecular formula is C10H15NO3. The number of allylic oxidation sites excluding steroid dienone is 2. The molecule has 0 saturated carbocycles. The summed E-state index contributed by atoms with van der Waals surface area (Å²) in [5, 5.41) is 11.0. The van der Waals surface area contributed by atoms with Crippen LogP contribution in [0.3, 0.4) is 0 Å². The molecule has 4 heteroatoms. The maximum Gasteiger partial charge on any atom is 0.325 e. The van der Waals surface area contributed by atoms with Gasteiger partial charge in [0.15, 0.2) is 0 Å². The normalized spacial score (nSPS) is 21.9. The first-order valence-corrected chi connectivity index (χ1v) is 4.78. The fraction of sp³-hybridized carbons (Fsp3) is 0.600. The number of rotatable bonds is 4. The summed E-state index contributed by atoms with van der Waals surface area (Å²) < 4.78 is 0. The molecule has 78 valence electrons. The second-order valence-corrected chi connectivity index (χ2v) is 3.60. The highest BCUT2D eigenvalue weighted by molar-refractivity contribution is 5.83. The van der Waals surface area contributed by atoms with Gasteiger partial charge in [0, 0.05) is 6.42 Å². The number of carboxylic acids is 1. The molecule has 1 aliphatic carbocycles. The summed E-state index contributed by atoms with van der Waals surface area (Å²) in [4.78, 5) is 21.7. The van der Waals surface area contributed by atoms with Gasteiger partial charge in [-0.3, -0.25) is 9.59 Å². The highest BCUT2D eigenvalue weighted by Gasteiger charge is 2.17. The van der Waals surface area contributed by atoms with Crippen LogP contribution in [0, 0.1) is 5.92 Å². The van der Waals surface area contributed by atoms with Crippen LogP contribution in [0.4, 0.5) is 0 Å². The summed E-state index contributed by atoms with van der Waals surface area (Å²) in [5.41, 5.74) is 0. The molecule has 1 aliphatic rings. The van der Waals surface area contributed by atoms with Gasteiger partial charge in [-0.25, -0.2) is 0 Å². The number of nitrogens with one attached hydrogen (secondary N) is 1. The predicted octanol–water partition coefficient (Wildman–Crippen LogP) is 0.932. The second-order valence-electron chi connectivity index (χ2n) is 3.60. The molecule has 0 bridgehead atoms. The molecule has 0 unspecified atom stereocenters. The first-order valence-electron chi connectivity index (χ1n) is 4.78. The fourth-order valence-corrected chi connectivity index (χ4v) is 1.47. The van der Waals surface area contributed by atoms with Gasteiger partial charge in [-0.15, -0.1) is 0 Å². The molecule has 0 radical (unpaired) electrons. The maximum atomic E-state index is 11.3. The lowest BCUT2D eigenvalue weighted by atomic mass is 10.0. The summed E-state index contributed by atoms with van der Waals surface area (Å²) in [6.45, 7) is 1.46. The molecule has 4 nitrogen and oxygen atoms in total. The lowest BCUT2D eigenvalue weighted by Gasteiger charge is -2.11. The van der Waals surface area contributed by atoms with Gasteiger partial charge in [0.25, 0.3) is 0 Å². The molecule has 0 heterocycles. The van der Waals surface area contributed by atoms with Crippen LogP contribution < -0.4 is 5.32 Å². The van der Waals surface area contributed by atoms with Crippen molar-refractivity contribution in [3.63, 3.8) is 0 Å². The van der Waals surface area contributed by atoms with E-state index >= 15 is 0 Å². The summed E-state index contributed by atoms with van der Waals surface area (Å²) in [6.07, 6.45) is 6.49. The van der Waals surface area contributed by atoms with E-state index in [0.717, 1.165) is 12.8 Å². The Hall–Kier alpha value is -1.32. The van der Waals surface area contributed by atoms with E-state index in [1.54, 1.807) is 0 Å². The Bertz CT molecular complexity index is 254. The fourth-order valence-electron chi connectivity index (χ4n) is 1.47. The molecule has 1 amide bonds. The Morgan fingerprint density at radius 3 is 2.86 bits per heavy atom. The third kappa shape index (κ3) is 3.20. The Kier molecular flexibility index (Phi) is 3.68. The SMILES string of the molecule is C[C@H](NC(=O)C[C@@H]1C=CCC1)C(=O)O. The highest BCUT2D eigenvalue weighted by atomic mass is 16.4. The number of carboxylic acid groups (broad SMARTS) is 1. The van der Waals surface area contributed by atoms with Crippen molar-refractivity contribution in [1.82, 2.24) is 5.32 Å². The molecule has 0 aromatic carbocycles. The lowest BCUT2D eigenvalue weighted by Crippen LogP contribution is -2.38. The number of hydrogen-bond donors (Lipinski definition) is 2. The third-order valence-electron chi connectivity index (χ3n) is 2.31. The van der Waals surface area contributed by atoms with Gasteiger partial charge >= 0.3 is 5.97 Å². The molecule has 0 saturated heterocycles. The summed E-state index contributed by atoms with van der Waals surface area (Å²) in [5.74, 6) is -0.896. The highest BCUT2D eigenvalue weighted by Crippen LogP contribution is 2.19. The Labute approximate surface area is 83.0 Å². The van der Waals surface area contributed by atoms with E-state index in [-0.39, 0.29) is 11.8 Å². The van der Waals surface area contributed by atoms with Gasteiger partial charge < -0.3 is 10.4 Å². The van der Waals surface area contributed by atoms with Crippen LogP contribution in [0.5, 0.6) is 0 Å². The average molecular weight is 197 g/mol. The zero-order valence-electron chi connectivity index (χ0n) is 8.19. The van der Waals surface area contributed by atoms with Crippen molar-refractivity contribution in [3.05, 3.63) is 12.2 Å². The lowest BCUT2D eigenvalue weighted by molar-refractivity contribution is -0.141. The number of carbonyl (C=O) groups excluding carboxylic acids is 1. The van der Waals surface area contributed by atoms with E-state index in [1.165, 1.54) is 6.92 Å². The molecule has 0 aromatic rings. The molecule has 2 N–H and O–H groups in total. The zero-order valence-corrected chi connectivity index (χ0v) is 8.19. The van der Waals surface area contributed by atoms with Crippen molar-refractivity contribution in [3.8, 4) is 0 Å². The number of hydrogen-bond acceptors (Lipinski definition) is 2. The van der Waals surface area contributed by atoms with Gasteiger partial charge in [-0.1, -0.05) is 12.2 Å². The third-order valence-corrected chi connectivity index (χ3v) is 2.31. The van der Waals surface area contributed by atoms with Crippen molar-refractivity contribution in [1.29, 1.82) is 0 Å². The van der Waals surface area contributed by atoms with E-state index in [1.807, 2.05) is 6.08 Å². The zero-order chi connectivity index (χ0) is 10.6. The maximum absolute atomic E-state index is 11.3. The molecule has 0 spiro atoms. The minimum Gasteiger partial charge on any atom is -0.480 e. The quantitative estimate of drug-likeness (QED) is 0.659. The van der Waals surface area contributed by atoms with E-state index in [2.05, 4.69) is 11.4 Å². The van der Waals surface area contributed by atoms with Crippen molar-refractivity contribution in [2.45, 2.75) is 32.2 Å². The van der Waals surface area contributed by atoms with Gasteiger partial charge in [-0.05, 0) is 25.7 Å². The molecule has 0 fully saturated rings. The van der Waals surface area contributed by atoms with Crippen molar-refractivity contribution in [2.75, 3.05) is 0 Å². The van der Waals surface area contributed by atoms with Crippen LogP contribution in [0.15, 0.2) is 12.2 Å². The summed E-state index contributed by atoms with van der Waals surface area (Å²) in [7, 11) is 0. The van der Waals surface area contributed by atoms with E-state index in [9.17, 15) is 9.59 Å². The van der Waals surface area contributed by atoms with E-state index in [4.69, 9.17) is 5.11 Å². The predicted molar refractivity (Wildman–Crippen MR) is 51.7 cm³/mol. The van der Waals surface area contributed by atoms with Crippen LogP contribution in [0.2, 0.25) is 0 Å². The average Bonchev–Trinajstić information content (AvgIpc) is 2.56. The van der Waals surface area contributed by atoms with Gasteiger partial charge in [0.05, 0.1) is 0 Å². The van der Waals surface area contributed by atoms with E-state index in [0.29, 0.717) is 6.42 Å². The molecule has 1 rings (SSSR count). The first-order chi connectivity index (χ1) is 6.59. The Morgan fingerprint density at radius 1 is 1.64 bits per heavy atom. The second kappa shape index (κ2) is 4.79. The van der Waals surface area contributed by atoms with Crippen LogP contribution in [-0.4, -0.2) is 23.0 Å². The van der Waals surface area contributed by atoms with Crippen LogP contribution in [0.1, 0.15) is 26.2 Å². The largest absolute Gasteiger partial charge is 0.480 e. The van der Waals surface area contributed by atoms with E-state index < -0.39 is 12.0 Å². The first kappa shape index (κ1) is 10.8. The van der Waals surface area contributed by atoms with Crippen LogP contribution in [0.25, 0.3) is 0 Å². The van der Waals surface area contributed by atoms with Gasteiger partial charge in [0.1, 0.15) is 6.04 Å². The van der Waals surface area contributed by atoms with Crippen molar-refractivity contribution >= 4 is 11.9 Å². The summed E-state index contributed by atoms with van der Waals surface area (Å²) >= 11 is 0. The summed E-state index contributed by atoms with van der Waals surface area (Å²) in [6, 6.07) is -0.798. The Balaban J connectivity index is 2.28. The molecular weight excluding hydrogens is 182 g/mol. The van der Waals surface area contributed by atoms with Crippen LogP contribution in [-0.2, 0) is 9.59 Å². The van der Waals surface area contributed by atoms with Gasteiger partial charge in [-0.2, -0.15) is 0 Å². The smallest absolute Gasteiger partial charge is 0.325 e. The van der Waals surface area contributed by atoms with Crippen molar-refractivity contribution in [2.24, 2.45) is 5.92 Å². The topological polar surface area (TPSA) is 66.4 Å². The number of amides is 1. The number of aliphatic carboxylic acids is 1. The Morgan fingerprint density at radius 2 is 2.36 bits per heavy atom. The van der Waals surface area contributed by atoms with Crippen molar-refractivity contribution < 1.29 is 14.7 Å². The standard InChI is InChI=1S/C10H15NO3/c1-7(10(13)14)11-9(12)6-8-4-2-3-5-8/h2,4,7-8H,3,5-6H2,1H3,(H,11,12)(H,13,14)/t7-,8+/m0/s1. The van der Waals surface area contributed by atoms with Crippen LogP contribution >= 0.6 is 0 Å². The van der Waals surface area contributed by atoms with Gasteiger partial charge in [0.2, 0.25) is 5.91 Å². The molecule has 0 aromatic heterocycles. The molecule has 0 aliphatic heterocycles. The minimum absolute atomic E-state index is 0.184. The molecule has 14 heavy (non-hydrogen) atoms. The monoisotopic (exact) mass is 197 g/mol. The molecule has 2 atom stereocenters. The minimum atomic E-state index is -1.000. The number of carbonyl (C=O) groups is 2.